The lowest BCUT2D eigenvalue weighted by atomic mass is 10.1. The molecule has 0 heterocycles. The second kappa shape index (κ2) is 4.89. The molecule has 0 unspecified atom stereocenters. The van der Waals surface area contributed by atoms with Crippen molar-refractivity contribution in [3.05, 3.63) is 35.4 Å². The van der Waals surface area contributed by atoms with Crippen molar-refractivity contribution in [1.29, 1.82) is 0 Å². The second-order valence-electron chi connectivity index (χ2n) is 2.23. The molecule has 1 aromatic rings. The summed E-state index contributed by atoms with van der Waals surface area (Å²) in [4.78, 5) is 10.9. The predicted octanol–water partition coefficient (Wildman–Crippen LogP) is 1.53. The van der Waals surface area contributed by atoms with Gasteiger partial charge in [-0.3, -0.25) is 4.79 Å². The van der Waals surface area contributed by atoms with Gasteiger partial charge < -0.3 is 5.73 Å². The smallest absolute Gasteiger partial charge is 0.179 e. The molecule has 0 spiro atoms. The largest absolute Gasteiger partial charge is 0.324 e. The van der Waals surface area contributed by atoms with Crippen molar-refractivity contribution in [2.45, 2.75) is 0 Å². The van der Waals surface area contributed by atoms with Gasteiger partial charge in [0, 0.05) is 0 Å². The Bertz CT molecular complexity index is 317. The number of benzene rings is 1. The molecular formula is C8H8ClF2NO. The van der Waals surface area contributed by atoms with Crippen molar-refractivity contribution in [2.24, 2.45) is 5.73 Å². The van der Waals surface area contributed by atoms with Gasteiger partial charge in [0.05, 0.1) is 12.1 Å². The van der Waals surface area contributed by atoms with Gasteiger partial charge in [-0.2, -0.15) is 0 Å². The number of halogens is 3. The lowest BCUT2D eigenvalue weighted by molar-refractivity contribution is 0.0996. The van der Waals surface area contributed by atoms with Crippen LogP contribution in [-0.2, 0) is 0 Å². The fraction of sp³-hybridized carbons (Fsp3) is 0.125. The third-order valence-corrected chi connectivity index (χ3v) is 1.44. The summed E-state index contributed by atoms with van der Waals surface area (Å²) < 4.78 is 25.3. The molecule has 1 rings (SSSR count). The molecule has 0 fully saturated rings. The number of hydrogen-bond donors (Lipinski definition) is 1. The first-order valence-electron chi connectivity index (χ1n) is 3.34. The van der Waals surface area contributed by atoms with Crippen molar-refractivity contribution in [1.82, 2.24) is 0 Å². The van der Waals surface area contributed by atoms with Crippen LogP contribution in [0.2, 0.25) is 0 Å². The Hall–Kier alpha value is -1.00. The standard InChI is InChI=1S/C8H7F2NO.ClH/c9-6-3-1-2-5(8(6)10)7(12)4-11;/h1-3H,4,11H2;1H. The van der Waals surface area contributed by atoms with Gasteiger partial charge in [-0.05, 0) is 12.1 Å². The molecule has 0 saturated carbocycles. The third kappa shape index (κ3) is 2.47. The minimum absolute atomic E-state index is 0. The van der Waals surface area contributed by atoms with Crippen molar-refractivity contribution < 1.29 is 13.6 Å². The highest BCUT2D eigenvalue weighted by molar-refractivity contribution is 5.97. The maximum Gasteiger partial charge on any atom is 0.179 e. The zero-order valence-corrected chi connectivity index (χ0v) is 7.41. The topological polar surface area (TPSA) is 43.1 Å². The summed E-state index contributed by atoms with van der Waals surface area (Å²) in [6.07, 6.45) is 0. The molecule has 0 aliphatic carbocycles. The van der Waals surface area contributed by atoms with E-state index in [9.17, 15) is 13.6 Å². The van der Waals surface area contributed by atoms with Crippen molar-refractivity contribution in [3.8, 4) is 0 Å². The molecule has 0 saturated heterocycles. The zero-order valence-electron chi connectivity index (χ0n) is 6.59. The summed E-state index contributed by atoms with van der Waals surface area (Å²) in [5.74, 6) is -2.77. The van der Waals surface area contributed by atoms with E-state index in [0.717, 1.165) is 6.07 Å². The minimum Gasteiger partial charge on any atom is -0.324 e. The first-order chi connectivity index (χ1) is 5.66. The molecule has 0 aromatic heterocycles. The summed E-state index contributed by atoms with van der Waals surface area (Å²) in [5, 5.41) is 0. The van der Waals surface area contributed by atoms with Crippen LogP contribution < -0.4 is 5.73 Å². The maximum absolute atomic E-state index is 12.8. The van der Waals surface area contributed by atoms with Crippen LogP contribution in [-0.4, -0.2) is 12.3 Å². The number of carbonyl (C=O) groups is 1. The Kier molecular flexibility index (Phi) is 4.51. The highest BCUT2D eigenvalue weighted by atomic mass is 35.5. The molecule has 0 aliphatic rings. The van der Waals surface area contributed by atoms with Gasteiger partial charge in [0.1, 0.15) is 0 Å². The highest BCUT2D eigenvalue weighted by Crippen LogP contribution is 2.11. The lowest BCUT2D eigenvalue weighted by Gasteiger charge is -1.99. The van der Waals surface area contributed by atoms with E-state index in [4.69, 9.17) is 5.73 Å². The SMILES string of the molecule is Cl.NCC(=O)c1cccc(F)c1F. The molecule has 0 atom stereocenters. The molecular weight excluding hydrogens is 200 g/mol. The molecule has 2 nitrogen and oxygen atoms in total. The van der Waals surface area contributed by atoms with Crippen LogP contribution in [0.1, 0.15) is 10.4 Å². The normalized spacial score (nSPS) is 9.15. The lowest BCUT2D eigenvalue weighted by Crippen LogP contribution is -2.15. The third-order valence-electron chi connectivity index (χ3n) is 1.44. The van der Waals surface area contributed by atoms with Gasteiger partial charge in [0.2, 0.25) is 0 Å². The zero-order chi connectivity index (χ0) is 9.14. The number of Topliss-reactive ketones (excluding diaryl/α,β-unsaturated/α-hetero) is 1. The molecule has 72 valence electrons. The number of nitrogens with two attached hydrogens (primary N) is 1. The van der Waals surface area contributed by atoms with Gasteiger partial charge >= 0.3 is 0 Å². The van der Waals surface area contributed by atoms with Gasteiger partial charge in [-0.25, -0.2) is 8.78 Å². The highest BCUT2D eigenvalue weighted by Gasteiger charge is 2.12. The molecule has 1 aromatic carbocycles. The number of rotatable bonds is 2. The monoisotopic (exact) mass is 207 g/mol. The van der Waals surface area contributed by atoms with E-state index in [-0.39, 0.29) is 24.5 Å². The Balaban J connectivity index is 0.00000144. The summed E-state index contributed by atoms with van der Waals surface area (Å²) in [7, 11) is 0. The predicted molar refractivity (Wildman–Crippen MR) is 47.0 cm³/mol. The van der Waals surface area contributed by atoms with E-state index in [1.54, 1.807) is 0 Å². The van der Waals surface area contributed by atoms with Crippen molar-refractivity contribution >= 4 is 18.2 Å². The molecule has 0 aliphatic heterocycles. The molecule has 0 amide bonds. The quantitative estimate of drug-likeness (QED) is 0.748. The summed E-state index contributed by atoms with van der Waals surface area (Å²) in [6, 6.07) is 3.41. The molecule has 0 radical (unpaired) electrons. The Morgan fingerprint density at radius 1 is 1.38 bits per heavy atom. The van der Waals surface area contributed by atoms with Gasteiger partial charge in [0.25, 0.3) is 0 Å². The number of hydrogen-bond acceptors (Lipinski definition) is 2. The first kappa shape index (κ1) is 12.0. The van der Waals surface area contributed by atoms with Crippen LogP contribution in [0.15, 0.2) is 18.2 Å². The van der Waals surface area contributed by atoms with Gasteiger partial charge in [-0.15, -0.1) is 12.4 Å². The van der Waals surface area contributed by atoms with Crippen molar-refractivity contribution in [2.75, 3.05) is 6.54 Å². The van der Waals surface area contributed by atoms with Crippen LogP contribution in [0.5, 0.6) is 0 Å². The van der Waals surface area contributed by atoms with Crippen LogP contribution in [0.4, 0.5) is 8.78 Å². The number of carbonyl (C=O) groups excluding carboxylic acids is 1. The van der Waals surface area contributed by atoms with Gasteiger partial charge in [0.15, 0.2) is 17.4 Å². The minimum atomic E-state index is -1.13. The van der Waals surface area contributed by atoms with Gasteiger partial charge in [-0.1, -0.05) is 6.07 Å². The molecule has 2 N–H and O–H groups in total. The molecule has 5 heteroatoms. The fourth-order valence-electron chi connectivity index (χ4n) is 0.829. The Morgan fingerprint density at radius 3 is 2.54 bits per heavy atom. The average molecular weight is 208 g/mol. The fourth-order valence-corrected chi connectivity index (χ4v) is 0.829. The number of ketones is 1. The summed E-state index contributed by atoms with van der Waals surface area (Å²) in [6.45, 7) is -0.319. The van der Waals surface area contributed by atoms with Crippen LogP contribution in [0.3, 0.4) is 0 Å². The summed E-state index contributed by atoms with van der Waals surface area (Å²) >= 11 is 0. The van der Waals surface area contributed by atoms with Crippen LogP contribution in [0.25, 0.3) is 0 Å². The Labute approximate surface area is 80.1 Å². The van der Waals surface area contributed by atoms with E-state index in [1.165, 1.54) is 12.1 Å². The van der Waals surface area contributed by atoms with Crippen molar-refractivity contribution in [3.63, 3.8) is 0 Å². The van der Waals surface area contributed by atoms with E-state index >= 15 is 0 Å². The first-order valence-corrected chi connectivity index (χ1v) is 3.34. The molecule has 0 bridgehead atoms. The average Bonchev–Trinajstić information content (AvgIpc) is 2.08. The van der Waals surface area contributed by atoms with E-state index in [2.05, 4.69) is 0 Å². The van der Waals surface area contributed by atoms with E-state index in [0.29, 0.717) is 0 Å². The Morgan fingerprint density at radius 2 is 2.00 bits per heavy atom. The van der Waals surface area contributed by atoms with Crippen LogP contribution >= 0.6 is 12.4 Å². The van der Waals surface area contributed by atoms with E-state index in [1.807, 2.05) is 0 Å². The van der Waals surface area contributed by atoms with E-state index < -0.39 is 17.4 Å². The van der Waals surface area contributed by atoms with Crippen LogP contribution in [0, 0.1) is 11.6 Å². The molecule has 13 heavy (non-hydrogen) atoms. The second-order valence-corrected chi connectivity index (χ2v) is 2.23. The summed E-state index contributed by atoms with van der Waals surface area (Å²) in [5.41, 5.74) is 4.69. The maximum atomic E-state index is 12.8.